The van der Waals surface area contributed by atoms with Crippen LogP contribution in [0.2, 0.25) is 0 Å². The number of carbonyl (C=O) groups excluding carboxylic acids is 1. The zero-order valence-electron chi connectivity index (χ0n) is 13.3. The first kappa shape index (κ1) is 17.9. The van der Waals surface area contributed by atoms with Crippen molar-refractivity contribution in [3.8, 4) is 23.5 Å². The van der Waals surface area contributed by atoms with Crippen molar-refractivity contribution in [2.45, 2.75) is 0 Å². The SMILES string of the molecule is C#Cc1ccc(C(=O)Nc2scc(-c3ccc(Br)cc3)c2C(=O)O)cc1. The first-order valence-corrected chi connectivity index (χ1v) is 9.15. The van der Waals surface area contributed by atoms with Crippen molar-refractivity contribution in [1.82, 2.24) is 0 Å². The van der Waals surface area contributed by atoms with Gasteiger partial charge in [-0.1, -0.05) is 34.0 Å². The van der Waals surface area contributed by atoms with E-state index in [0.29, 0.717) is 21.7 Å². The number of terminal acetylenes is 1. The highest BCUT2D eigenvalue weighted by Crippen LogP contribution is 2.36. The predicted octanol–water partition coefficient (Wildman–Crippen LogP) is 5.11. The smallest absolute Gasteiger partial charge is 0.339 e. The number of thiophene rings is 1. The maximum absolute atomic E-state index is 12.4. The van der Waals surface area contributed by atoms with E-state index in [0.717, 1.165) is 10.0 Å². The summed E-state index contributed by atoms with van der Waals surface area (Å²) >= 11 is 4.53. The number of aromatic carboxylic acids is 1. The van der Waals surface area contributed by atoms with E-state index in [9.17, 15) is 14.7 Å². The van der Waals surface area contributed by atoms with Crippen LogP contribution in [0.4, 0.5) is 5.00 Å². The Bertz CT molecular complexity index is 1010. The summed E-state index contributed by atoms with van der Waals surface area (Å²) in [6, 6.07) is 13.9. The Morgan fingerprint density at radius 1 is 1.08 bits per heavy atom. The molecule has 2 aromatic carbocycles. The van der Waals surface area contributed by atoms with Crippen LogP contribution >= 0.6 is 27.3 Å². The number of anilines is 1. The molecule has 0 saturated heterocycles. The van der Waals surface area contributed by atoms with Crippen LogP contribution in [0.1, 0.15) is 26.3 Å². The van der Waals surface area contributed by atoms with E-state index < -0.39 is 5.97 Å². The summed E-state index contributed by atoms with van der Waals surface area (Å²) in [5.74, 6) is 0.998. The molecule has 0 aliphatic rings. The molecule has 0 radical (unpaired) electrons. The highest BCUT2D eigenvalue weighted by Gasteiger charge is 2.21. The predicted molar refractivity (Wildman–Crippen MR) is 107 cm³/mol. The topological polar surface area (TPSA) is 66.4 Å². The van der Waals surface area contributed by atoms with Gasteiger partial charge in [0.25, 0.3) is 5.91 Å². The highest BCUT2D eigenvalue weighted by molar-refractivity contribution is 9.10. The molecule has 0 unspecified atom stereocenters. The van der Waals surface area contributed by atoms with Crippen LogP contribution in [-0.2, 0) is 0 Å². The fourth-order valence-corrected chi connectivity index (χ4v) is 3.62. The Labute approximate surface area is 162 Å². The first-order valence-electron chi connectivity index (χ1n) is 7.48. The summed E-state index contributed by atoms with van der Waals surface area (Å²) in [5, 5.41) is 14.3. The number of benzene rings is 2. The molecule has 3 rings (SSSR count). The van der Waals surface area contributed by atoms with Crippen molar-refractivity contribution >= 4 is 44.1 Å². The second-order valence-electron chi connectivity index (χ2n) is 5.34. The van der Waals surface area contributed by atoms with Crippen molar-refractivity contribution < 1.29 is 14.7 Å². The third kappa shape index (κ3) is 3.69. The number of halogens is 1. The van der Waals surface area contributed by atoms with Crippen molar-refractivity contribution in [2.75, 3.05) is 5.32 Å². The molecular weight excluding hydrogens is 414 g/mol. The van der Waals surface area contributed by atoms with Gasteiger partial charge in [-0.15, -0.1) is 17.8 Å². The van der Waals surface area contributed by atoms with E-state index in [-0.39, 0.29) is 11.5 Å². The van der Waals surface area contributed by atoms with E-state index in [1.165, 1.54) is 11.3 Å². The number of carboxylic acid groups (broad SMARTS) is 1. The van der Waals surface area contributed by atoms with Gasteiger partial charge in [0.05, 0.1) is 0 Å². The van der Waals surface area contributed by atoms with Crippen LogP contribution in [0.5, 0.6) is 0 Å². The van der Waals surface area contributed by atoms with Crippen molar-refractivity contribution in [3.63, 3.8) is 0 Å². The van der Waals surface area contributed by atoms with E-state index in [1.54, 1.807) is 29.6 Å². The van der Waals surface area contributed by atoms with E-state index in [1.807, 2.05) is 24.3 Å². The van der Waals surface area contributed by atoms with Crippen molar-refractivity contribution in [3.05, 3.63) is 75.1 Å². The van der Waals surface area contributed by atoms with Gasteiger partial charge in [0, 0.05) is 26.5 Å². The molecule has 0 saturated carbocycles. The van der Waals surface area contributed by atoms with Gasteiger partial charge in [-0.25, -0.2) is 4.79 Å². The Hall–Kier alpha value is -2.88. The number of carbonyl (C=O) groups is 2. The van der Waals surface area contributed by atoms with Gasteiger partial charge in [-0.2, -0.15) is 0 Å². The van der Waals surface area contributed by atoms with E-state index in [2.05, 4.69) is 27.2 Å². The van der Waals surface area contributed by atoms with E-state index in [4.69, 9.17) is 6.42 Å². The van der Waals surface area contributed by atoms with Crippen LogP contribution in [0.25, 0.3) is 11.1 Å². The van der Waals surface area contributed by atoms with E-state index >= 15 is 0 Å². The molecule has 0 aliphatic heterocycles. The second kappa shape index (κ2) is 7.56. The fraction of sp³-hybridized carbons (Fsp3) is 0. The molecule has 6 heteroatoms. The number of hydrogen-bond donors (Lipinski definition) is 2. The largest absolute Gasteiger partial charge is 0.478 e. The maximum atomic E-state index is 12.4. The Kier molecular flexibility index (Phi) is 5.21. The monoisotopic (exact) mass is 425 g/mol. The normalized spacial score (nSPS) is 10.2. The maximum Gasteiger partial charge on any atom is 0.339 e. The minimum Gasteiger partial charge on any atom is -0.478 e. The van der Waals surface area contributed by atoms with Crippen molar-refractivity contribution in [1.29, 1.82) is 0 Å². The van der Waals surface area contributed by atoms with Crippen LogP contribution < -0.4 is 5.32 Å². The van der Waals surface area contributed by atoms with Crippen LogP contribution in [0.3, 0.4) is 0 Å². The standard InChI is InChI=1S/C20H12BrNO3S/c1-2-12-3-5-14(6-4-12)18(23)22-19-17(20(24)25)16(11-26-19)13-7-9-15(21)10-8-13/h1,3-11H,(H,22,23)(H,24,25). The minimum atomic E-state index is -1.10. The molecule has 0 fully saturated rings. The van der Waals surface area contributed by atoms with Gasteiger partial charge in [0.2, 0.25) is 0 Å². The molecule has 1 heterocycles. The van der Waals surface area contributed by atoms with Gasteiger partial charge < -0.3 is 10.4 Å². The third-order valence-corrected chi connectivity index (χ3v) is 5.13. The zero-order valence-corrected chi connectivity index (χ0v) is 15.7. The molecule has 0 atom stereocenters. The summed E-state index contributed by atoms with van der Waals surface area (Å²) in [7, 11) is 0. The second-order valence-corrected chi connectivity index (χ2v) is 7.14. The summed E-state index contributed by atoms with van der Waals surface area (Å²) in [4.78, 5) is 24.2. The molecular formula is C20H12BrNO3S. The van der Waals surface area contributed by atoms with Gasteiger partial charge in [-0.05, 0) is 42.0 Å². The lowest BCUT2D eigenvalue weighted by molar-refractivity contribution is 0.0699. The lowest BCUT2D eigenvalue weighted by atomic mass is 10.0. The van der Waals surface area contributed by atoms with Crippen LogP contribution in [0.15, 0.2) is 58.4 Å². The van der Waals surface area contributed by atoms with Gasteiger partial charge in [-0.3, -0.25) is 4.79 Å². The Morgan fingerprint density at radius 2 is 1.73 bits per heavy atom. The minimum absolute atomic E-state index is 0.0749. The van der Waals surface area contributed by atoms with Gasteiger partial charge >= 0.3 is 5.97 Å². The summed E-state index contributed by atoms with van der Waals surface area (Å²) < 4.78 is 0.900. The highest BCUT2D eigenvalue weighted by atomic mass is 79.9. The number of hydrogen-bond acceptors (Lipinski definition) is 3. The molecule has 0 aliphatic carbocycles. The van der Waals surface area contributed by atoms with Gasteiger partial charge in [0.15, 0.2) is 0 Å². The average Bonchev–Trinajstić information content (AvgIpc) is 3.06. The average molecular weight is 426 g/mol. The molecule has 1 amide bonds. The van der Waals surface area contributed by atoms with Crippen LogP contribution in [0, 0.1) is 12.3 Å². The molecule has 0 spiro atoms. The molecule has 0 bridgehead atoms. The van der Waals surface area contributed by atoms with Gasteiger partial charge in [0.1, 0.15) is 10.6 Å². The Morgan fingerprint density at radius 3 is 2.31 bits per heavy atom. The lowest BCUT2D eigenvalue weighted by Crippen LogP contribution is -2.13. The number of amides is 1. The van der Waals surface area contributed by atoms with Crippen LogP contribution in [-0.4, -0.2) is 17.0 Å². The molecule has 26 heavy (non-hydrogen) atoms. The van der Waals surface area contributed by atoms with Crippen molar-refractivity contribution in [2.24, 2.45) is 0 Å². The molecule has 4 nitrogen and oxygen atoms in total. The molecule has 2 N–H and O–H groups in total. The summed E-state index contributed by atoms with van der Waals surface area (Å²) in [5.41, 5.74) is 2.47. The summed E-state index contributed by atoms with van der Waals surface area (Å²) in [6.45, 7) is 0. The number of rotatable bonds is 4. The fourth-order valence-electron chi connectivity index (χ4n) is 2.40. The Balaban J connectivity index is 1.92. The quantitative estimate of drug-likeness (QED) is 0.570. The zero-order chi connectivity index (χ0) is 18.7. The molecule has 1 aromatic heterocycles. The molecule has 3 aromatic rings. The first-order chi connectivity index (χ1) is 12.5. The summed E-state index contributed by atoms with van der Waals surface area (Å²) in [6.07, 6.45) is 5.30. The third-order valence-electron chi connectivity index (χ3n) is 3.70. The number of carboxylic acids is 1. The molecule has 128 valence electrons. The number of nitrogens with one attached hydrogen (secondary N) is 1. The lowest BCUT2D eigenvalue weighted by Gasteiger charge is -2.06.